The summed E-state index contributed by atoms with van der Waals surface area (Å²) in [5.41, 5.74) is 1.06. The fourth-order valence-electron chi connectivity index (χ4n) is 2.05. The highest BCUT2D eigenvalue weighted by Crippen LogP contribution is 2.16. The van der Waals surface area contributed by atoms with Crippen LogP contribution in [0.2, 0.25) is 0 Å². The number of nitrogens with one attached hydrogen (secondary N) is 2. The van der Waals surface area contributed by atoms with Gasteiger partial charge in [0.15, 0.2) is 0 Å². The standard InChI is InChI=1S/C18H11F2N3O/c19-15-5-2-6-16(20)17(15)18(24)22-14-4-1-3-12(11-14)7-8-13-9-10-21-23-13/h1-6,9-11H,(H,21,23)(H,22,24). The lowest BCUT2D eigenvalue weighted by Crippen LogP contribution is -2.15. The lowest BCUT2D eigenvalue weighted by atomic mass is 10.1. The lowest BCUT2D eigenvalue weighted by molar-refractivity contribution is 0.101. The fraction of sp³-hybridized carbons (Fsp3) is 0. The maximum atomic E-state index is 13.6. The average Bonchev–Trinajstić information content (AvgIpc) is 3.06. The Balaban J connectivity index is 1.81. The summed E-state index contributed by atoms with van der Waals surface area (Å²) in [4.78, 5) is 12.1. The number of aromatic amines is 1. The van der Waals surface area contributed by atoms with Crippen molar-refractivity contribution in [3.8, 4) is 11.8 Å². The monoisotopic (exact) mass is 323 g/mol. The molecule has 3 rings (SSSR count). The number of aromatic nitrogens is 2. The molecule has 0 fully saturated rings. The quantitative estimate of drug-likeness (QED) is 0.711. The van der Waals surface area contributed by atoms with Crippen molar-refractivity contribution in [3.05, 3.63) is 83.2 Å². The highest BCUT2D eigenvalue weighted by molar-refractivity contribution is 6.04. The summed E-state index contributed by atoms with van der Waals surface area (Å²) in [6, 6.07) is 11.6. The molecule has 1 aromatic heterocycles. The van der Waals surface area contributed by atoms with Crippen molar-refractivity contribution in [2.24, 2.45) is 0 Å². The molecule has 24 heavy (non-hydrogen) atoms. The molecule has 118 valence electrons. The Kier molecular flexibility index (Phi) is 4.34. The molecule has 0 aliphatic heterocycles. The summed E-state index contributed by atoms with van der Waals surface area (Å²) < 4.78 is 27.3. The minimum absolute atomic E-state index is 0.388. The van der Waals surface area contributed by atoms with Gasteiger partial charge in [-0.2, -0.15) is 5.10 Å². The normalized spacial score (nSPS) is 9.92. The van der Waals surface area contributed by atoms with Gasteiger partial charge in [-0.1, -0.05) is 18.1 Å². The molecule has 0 saturated heterocycles. The zero-order chi connectivity index (χ0) is 16.9. The van der Waals surface area contributed by atoms with Gasteiger partial charge in [0, 0.05) is 17.4 Å². The first kappa shape index (κ1) is 15.4. The molecule has 0 spiro atoms. The van der Waals surface area contributed by atoms with E-state index in [1.807, 2.05) is 0 Å². The number of anilines is 1. The first-order valence-electron chi connectivity index (χ1n) is 7.00. The molecule has 0 radical (unpaired) electrons. The zero-order valence-corrected chi connectivity index (χ0v) is 12.3. The highest BCUT2D eigenvalue weighted by Gasteiger charge is 2.16. The van der Waals surface area contributed by atoms with E-state index in [-0.39, 0.29) is 0 Å². The smallest absolute Gasteiger partial charge is 0.261 e. The van der Waals surface area contributed by atoms with Crippen LogP contribution in [0, 0.1) is 23.5 Å². The van der Waals surface area contributed by atoms with Crippen molar-refractivity contribution in [2.45, 2.75) is 0 Å². The van der Waals surface area contributed by atoms with Gasteiger partial charge in [-0.05, 0) is 42.3 Å². The molecule has 0 aliphatic carbocycles. The predicted molar refractivity (Wildman–Crippen MR) is 85.3 cm³/mol. The number of hydrogen-bond donors (Lipinski definition) is 2. The van der Waals surface area contributed by atoms with Crippen LogP contribution < -0.4 is 5.32 Å². The summed E-state index contributed by atoms with van der Waals surface area (Å²) in [6.45, 7) is 0. The second-order valence-corrected chi connectivity index (χ2v) is 4.85. The van der Waals surface area contributed by atoms with E-state index in [4.69, 9.17) is 0 Å². The Labute approximate surface area is 136 Å². The van der Waals surface area contributed by atoms with Crippen molar-refractivity contribution in [2.75, 3.05) is 5.32 Å². The van der Waals surface area contributed by atoms with Crippen LogP contribution >= 0.6 is 0 Å². The highest BCUT2D eigenvalue weighted by atomic mass is 19.1. The number of H-pyrrole nitrogens is 1. The summed E-state index contributed by atoms with van der Waals surface area (Å²) >= 11 is 0. The molecule has 4 nitrogen and oxygen atoms in total. The molecule has 0 bridgehead atoms. The Morgan fingerprint density at radius 3 is 2.50 bits per heavy atom. The largest absolute Gasteiger partial charge is 0.322 e. The molecule has 2 aromatic carbocycles. The third-order valence-electron chi connectivity index (χ3n) is 3.15. The molecule has 0 saturated carbocycles. The molecule has 1 amide bonds. The SMILES string of the molecule is O=C(Nc1cccc(C#Cc2ccn[nH]2)c1)c1c(F)cccc1F. The van der Waals surface area contributed by atoms with E-state index in [0.717, 1.165) is 12.1 Å². The van der Waals surface area contributed by atoms with Gasteiger partial charge in [0.1, 0.15) is 22.9 Å². The summed E-state index contributed by atoms with van der Waals surface area (Å²) in [6.07, 6.45) is 1.59. The number of carbonyl (C=O) groups excluding carboxylic acids is 1. The van der Waals surface area contributed by atoms with Crippen LogP contribution in [-0.2, 0) is 0 Å². The van der Waals surface area contributed by atoms with Crippen molar-refractivity contribution in [1.29, 1.82) is 0 Å². The molecule has 0 atom stereocenters. The van der Waals surface area contributed by atoms with Gasteiger partial charge < -0.3 is 5.32 Å². The summed E-state index contributed by atoms with van der Waals surface area (Å²) in [5.74, 6) is 3.09. The Hall–Kier alpha value is -3.46. The van der Waals surface area contributed by atoms with Crippen molar-refractivity contribution in [1.82, 2.24) is 10.2 Å². The van der Waals surface area contributed by atoms with E-state index in [9.17, 15) is 13.6 Å². The first-order valence-corrected chi connectivity index (χ1v) is 7.00. The van der Waals surface area contributed by atoms with Crippen LogP contribution in [0.25, 0.3) is 0 Å². The third-order valence-corrected chi connectivity index (χ3v) is 3.15. The Morgan fingerprint density at radius 2 is 1.79 bits per heavy atom. The van der Waals surface area contributed by atoms with Crippen molar-refractivity contribution in [3.63, 3.8) is 0 Å². The van der Waals surface area contributed by atoms with E-state index in [0.29, 0.717) is 16.9 Å². The number of nitrogens with zero attached hydrogens (tertiary/aromatic N) is 1. The molecule has 6 heteroatoms. The minimum atomic E-state index is -0.914. The number of hydrogen-bond acceptors (Lipinski definition) is 2. The third kappa shape index (κ3) is 3.47. The predicted octanol–water partition coefficient (Wildman–Crippen LogP) is 3.34. The topological polar surface area (TPSA) is 57.8 Å². The van der Waals surface area contributed by atoms with Crippen LogP contribution in [0.15, 0.2) is 54.7 Å². The van der Waals surface area contributed by atoms with Gasteiger partial charge >= 0.3 is 0 Å². The van der Waals surface area contributed by atoms with Crippen molar-refractivity contribution >= 4 is 11.6 Å². The summed E-state index contributed by atoms with van der Waals surface area (Å²) in [5, 5.41) is 8.96. The summed E-state index contributed by atoms with van der Waals surface area (Å²) in [7, 11) is 0. The second-order valence-electron chi connectivity index (χ2n) is 4.85. The van der Waals surface area contributed by atoms with E-state index in [1.165, 1.54) is 6.07 Å². The number of benzene rings is 2. The minimum Gasteiger partial charge on any atom is -0.322 e. The van der Waals surface area contributed by atoms with E-state index in [2.05, 4.69) is 27.4 Å². The Bertz CT molecular complexity index is 920. The molecule has 1 heterocycles. The number of carbonyl (C=O) groups is 1. The van der Waals surface area contributed by atoms with E-state index >= 15 is 0 Å². The number of rotatable bonds is 2. The zero-order valence-electron chi connectivity index (χ0n) is 12.3. The van der Waals surface area contributed by atoms with Crippen LogP contribution in [0.4, 0.5) is 14.5 Å². The maximum absolute atomic E-state index is 13.6. The van der Waals surface area contributed by atoms with E-state index < -0.39 is 23.1 Å². The molecular weight excluding hydrogens is 312 g/mol. The average molecular weight is 323 g/mol. The molecule has 0 aliphatic rings. The maximum Gasteiger partial charge on any atom is 0.261 e. The lowest BCUT2D eigenvalue weighted by Gasteiger charge is -2.07. The van der Waals surface area contributed by atoms with Gasteiger partial charge in [0.05, 0.1) is 0 Å². The van der Waals surface area contributed by atoms with Gasteiger partial charge in [0.2, 0.25) is 0 Å². The van der Waals surface area contributed by atoms with Gasteiger partial charge in [0.25, 0.3) is 5.91 Å². The molecular formula is C18H11F2N3O. The van der Waals surface area contributed by atoms with Gasteiger partial charge in [-0.3, -0.25) is 9.89 Å². The van der Waals surface area contributed by atoms with Gasteiger partial charge in [-0.15, -0.1) is 0 Å². The molecule has 2 N–H and O–H groups in total. The molecule has 0 unspecified atom stereocenters. The van der Waals surface area contributed by atoms with Crippen LogP contribution in [-0.4, -0.2) is 16.1 Å². The Morgan fingerprint density at radius 1 is 1.04 bits per heavy atom. The van der Waals surface area contributed by atoms with Crippen LogP contribution in [0.1, 0.15) is 21.6 Å². The second kappa shape index (κ2) is 6.75. The molecule has 3 aromatic rings. The fourth-order valence-corrected chi connectivity index (χ4v) is 2.05. The van der Waals surface area contributed by atoms with Crippen molar-refractivity contribution < 1.29 is 13.6 Å². The van der Waals surface area contributed by atoms with Gasteiger partial charge in [-0.25, -0.2) is 8.78 Å². The van der Waals surface area contributed by atoms with Crippen LogP contribution in [0.5, 0.6) is 0 Å². The van der Waals surface area contributed by atoms with Crippen LogP contribution in [0.3, 0.4) is 0 Å². The number of amides is 1. The van der Waals surface area contributed by atoms with E-state index in [1.54, 1.807) is 36.5 Å². The first-order chi connectivity index (χ1) is 11.6. The number of halogens is 2.